The number of nitrogens with zero attached hydrogens (tertiary/aromatic N) is 1. The van der Waals surface area contributed by atoms with Crippen molar-refractivity contribution in [1.82, 2.24) is 0 Å². The van der Waals surface area contributed by atoms with Gasteiger partial charge in [-0.15, -0.1) is 0 Å². The molecule has 0 fully saturated rings. The van der Waals surface area contributed by atoms with Crippen LogP contribution >= 0.6 is 0 Å². The highest BCUT2D eigenvalue weighted by Crippen LogP contribution is 2.37. The van der Waals surface area contributed by atoms with Gasteiger partial charge in [0.05, 0.1) is 16.1 Å². The molecule has 0 saturated heterocycles. The maximum atomic E-state index is 12.9. The largest absolute Gasteiger partial charge is 0.451 e. The van der Waals surface area contributed by atoms with Crippen LogP contribution in [0, 0.1) is 10.1 Å². The molecule has 1 amide bonds. The number of furan rings is 1. The van der Waals surface area contributed by atoms with Crippen LogP contribution in [0.2, 0.25) is 0 Å². The first-order chi connectivity index (χ1) is 14.3. The number of hydrogen-bond donors (Lipinski definition) is 1. The van der Waals surface area contributed by atoms with Crippen molar-refractivity contribution in [2.24, 2.45) is 0 Å². The average Bonchev–Trinajstić information content (AvgIpc) is 3.17. The number of nitro groups is 1. The molecule has 0 aliphatic rings. The van der Waals surface area contributed by atoms with Gasteiger partial charge in [0.25, 0.3) is 11.6 Å². The zero-order valence-corrected chi connectivity index (χ0v) is 15.0. The SMILES string of the molecule is O=C(Nc1cc(C(F)(F)F)cc(C(F)(F)F)c1)c1ccc(-c2cccc([N+](=O)[O-])c2)o1. The van der Waals surface area contributed by atoms with Crippen LogP contribution in [0.15, 0.2) is 59.0 Å². The lowest BCUT2D eigenvalue weighted by Crippen LogP contribution is -2.15. The summed E-state index contributed by atoms with van der Waals surface area (Å²) in [5, 5.41) is 12.8. The lowest BCUT2D eigenvalue weighted by Gasteiger charge is -2.14. The Hall–Kier alpha value is -3.83. The Morgan fingerprint density at radius 3 is 2.06 bits per heavy atom. The molecule has 6 nitrogen and oxygen atoms in total. The molecular weight excluding hydrogens is 434 g/mol. The van der Waals surface area contributed by atoms with Crippen molar-refractivity contribution in [3.8, 4) is 11.3 Å². The molecule has 0 atom stereocenters. The summed E-state index contributed by atoms with van der Waals surface area (Å²) in [4.78, 5) is 22.5. The molecule has 0 unspecified atom stereocenters. The smallest absolute Gasteiger partial charge is 0.416 e. The van der Waals surface area contributed by atoms with Gasteiger partial charge in [-0.1, -0.05) is 12.1 Å². The maximum Gasteiger partial charge on any atom is 0.416 e. The van der Waals surface area contributed by atoms with Crippen LogP contribution in [0.25, 0.3) is 11.3 Å². The fourth-order valence-electron chi connectivity index (χ4n) is 2.61. The fourth-order valence-corrected chi connectivity index (χ4v) is 2.61. The molecule has 3 rings (SSSR count). The molecule has 1 N–H and O–H groups in total. The van der Waals surface area contributed by atoms with Crippen LogP contribution in [0.4, 0.5) is 37.7 Å². The van der Waals surface area contributed by atoms with E-state index in [0.29, 0.717) is 12.1 Å². The summed E-state index contributed by atoms with van der Waals surface area (Å²) in [6.45, 7) is 0. The van der Waals surface area contributed by atoms with Crippen LogP contribution in [-0.4, -0.2) is 10.8 Å². The number of benzene rings is 2. The topological polar surface area (TPSA) is 85.4 Å². The van der Waals surface area contributed by atoms with E-state index >= 15 is 0 Å². The monoisotopic (exact) mass is 444 g/mol. The number of carbonyl (C=O) groups is 1. The predicted octanol–water partition coefficient (Wildman–Crippen LogP) is 6.14. The van der Waals surface area contributed by atoms with Crippen molar-refractivity contribution in [3.63, 3.8) is 0 Å². The molecule has 3 aromatic rings. The van der Waals surface area contributed by atoms with Crippen LogP contribution < -0.4 is 5.32 Å². The van der Waals surface area contributed by atoms with E-state index in [0.717, 1.165) is 6.07 Å². The molecule has 0 aliphatic carbocycles. The number of hydrogen-bond acceptors (Lipinski definition) is 4. The first-order valence-corrected chi connectivity index (χ1v) is 8.30. The Balaban J connectivity index is 1.89. The fraction of sp³-hybridized carbons (Fsp3) is 0.105. The van der Waals surface area contributed by atoms with Gasteiger partial charge in [0.15, 0.2) is 5.76 Å². The Morgan fingerprint density at radius 2 is 1.52 bits per heavy atom. The van der Waals surface area contributed by atoms with E-state index in [-0.39, 0.29) is 23.1 Å². The molecule has 2 aromatic carbocycles. The number of nitrogens with one attached hydrogen (secondary N) is 1. The van der Waals surface area contributed by atoms with Crippen molar-refractivity contribution in [3.05, 3.63) is 81.6 Å². The summed E-state index contributed by atoms with van der Waals surface area (Å²) in [6.07, 6.45) is -10.1. The third-order valence-corrected chi connectivity index (χ3v) is 4.02. The van der Waals surface area contributed by atoms with Gasteiger partial charge in [-0.2, -0.15) is 26.3 Å². The second-order valence-corrected chi connectivity index (χ2v) is 6.22. The minimum absolute atomic E-state index is 0.0360. The molecule has 0 radical (unpaired) electrons. The number of carbonyl (C=O) groups excluding carboxylic acids is 1. The molecule has 162 valence electrons. The standard InChI is InChI=1S/C19H10F6N2O4/c20-18(21,22)11-7-12(19(23,24)25)9-13(8-11)26-17(28)16-5-4-15(31-16)10-2-1-3-14(6-10)27(29)30/h1-9H,(H,26,28). The number of anilines is 1. The van der Waals surface area contributed by atoms with Gasteiger partial charge in [-0.3, -0.25) is 14.9 Å². The van der Waals surface area contributed by atoms with Crippen LogP contribution in [0.3, 0.4) is 0 Å². The Morgan fingerprint density at radius 1 is 0.903 bits per heavy atom. The molecule has 0 spiro atoms. The number of non-ortho nitro benzene ring substituents is 1. The number of alkyl halides is 6. The first-order valence-electron chi connectivity index (χ1n) is 8.30. The van der Waals surface area contributed by atoms with Gasteiger partial charge < -0.3 is 9.73 Å². The summed E-state index contributed by atoms with van der Waals surface area (Å²) in [7, 11) is 0. The zero-order valence-electron chi connectivity index (χ0n) is 15.0. The van der Waals surface area contributed by atoms with Gasteiger partial charge in [0.2, 0.25) is 0 Å². The van der Waals surface area contributed by atoms with Crippen molar-refractivity contribution >= 4 is 17.3 Å². The quantitative estimate of drug-likeness (QED) is 0.297. The lowest BCUT2D eigenvalue weighted by molar-refractivity contribution is -0.384. The van der Waals surface area contributed by atoms with Crippen molar-refractivity contribution in [2.45, 2.75) is 12.4 Å². The summed E-state index contributed by atoms with van der Waals surface area (Å²) < 4.78 is 82.8. The van der Waals surface area contributed by atoms with Crippen LogP contribution in [-0.2, 0) is 12.4 Å². The minimum atomic E-state index is -5.07. The Bertz CT molecular complexity index is 1120. The molecule has 0 saturated carbocycles. The number of halogens is 6. The summed E-state index contributed by atoms with van der Waals surface area (Å²) in [6, 6.07) is 8.28. The molecule has 0 aliphatic heterocycles. The highest BCUT2D eigenvalue weighted by Gasteiger charge is 2.37. The normalized spacial score (nSPS) is 11.9. The van der Waals surface area contributed by atoms with Gasteiger partial charge in [0.1, 0.15) is 5.76 Å². The van der Waals surface area contributed by atoms with E-state index in [1.165, 1.54) is 30.3 Å². The van der Waals surface area contributed by atoms with E-state index in [4.69, 9.17) is 4.42 Å². The summed E-state index contributed by atoms with van der Waals surface area (Å²) in [5.74, 6) is -1.49. The molecule has 31 heavy (non-hydrogen) atoms. The second-order valence-electron chi connectivity index (χ2n) is 6.22. The molecule has 0 bridgehead atoms. The van der Waals surface area contributed by atoms with Crippen LogP contribution in [0.5, 0.6) is 0 Å². The van der Waals surface area contributed by atoms with Crippen molar-refractivity contribution in [1.29, 1.82) is 0 Å². The van der Waals surface area contributed by atoms with E-state index in [2.05, 4.69) is 0 Å². The van der Waals surface area contributed by atoms with E-state index in [9.17, 15) is 41.3 Å². The van der Waals surface area contributed by atoms with E-state index in [1.807, 2.05) is 5.32 Å². The van der Waals surface area contributed by atoms with Gasteiger partial charge >= 0.3 is 12.4 Å². The first kappa shape index (κ1) is 21.9. The van der Waals surface area contributed by atoms with Crippen molar-refractivity contribution < 1.29 is 40.5 Å². The Kier molecular flexibility index (Phi) is 5.49. The van der Waals surface area contributed by atoms with Crippen LogP contribution in [0.1, 0.15) is 21.7 Å². The Labute approximate surface area is 169 Å². The van der Waals surface area contributed by atoms with E-state index in [1.54, 1.807) is 0 Å². The summed E-state index contributed by atoms with van der Waals surface area (Å²) in [5.41, 5.74) is -3.92. The summed E-state index contributed by atoms with van der Waals surface area (Å²) >= 11 is 0. The van der Waals surface area contributed by atoms with E-state index < -0.39 is 45.8 Å². The number of rotatable bonds is 4. The molecule has 1 heterocycles. The predicted molar refractivity (Wildman–Crippen MR) is 95.2 cm³/mol. The molecule has 1 aromatic heterocycles. The number of nitro benzene ring substituents is 1. The molecular formula is C19H10F6N2O4. The third kappa shape index (κ3) is 5.02. The van der Waals surface area contributed by atoms with Crippen molar-refractivity contribution in [2.75, 3.05) is 5.32 Å². The maximum absolute atomic E-state index is 12.9. The second kappa shape index (κ2) is 7.78. The third-order valence-electron chi connectivity index (χ3n) is 4.02. The highest BCUT2D eigenvalue weighted by atomic mass is 19.4. The minimum Gasteiger partial charge on any atom is -0.451 e. The average molecular weight is 444 g/mol. The lowest BCUT2D eigenvalue weighted by atomic mass is 10.1. The highest BCUT2D eigenvalue weighted by molar-refractivity contribution is 6.02. The van der Waals surface area contributed by atoms with Gasteiger partial charge in [-0.05, 0) is 30.3 Å². The zero-order chi connectivity index (χ0) is 23.0. The number of amides is 1. The molecule has 12 heteroatoms. The van der Waals surface area contributed by atoms with Gasteiger partial charge in [-0.25, -0.2) is 0 Å². The van der Waals surface area contributed by atoms with Gasteiger partial charge in [0, 0.05) is 23.4 Å².